The van der Waals surface area contributed by atoms with Crippen molar-refractivity contribution in [3.63, 3.8) is 0 Å². The molecular weight excluding hydrogens is 282 g/mol. The molecule has 0 amide bonds. The van der Waals surface area contributed by atoms with Crippen molar-refractivity contribution in [1.82, 2.24) is 0 Å². The lowest BCUT2D eigenvalue weighted by molar-refractivity contribution is 0.105. The molecule has 1 aliphatic rings. The number of nitrogens with two attached hydrogens (primary N) is 1. The van der Waals surface area contributed by atoms with E-state index in [4.69, 9.17) is 10.5 Å². The number of rotatable bonds is 7. The molecule has 0 aromatic heterocycles. The standard InChI is InChI=1S/C19H23NO.C2H6/c20-12-11-19(17-9-5-2-6-10-17)13-18(19)15-21-14-16-7-3-1-4-8-16;1-2/h1-10,18H,11-15,20H2;1-2H3. The molecule has 0 heterocycles. The van der Waals surface area contributed by atoms with E-state index in [9.17, 15) is 0 Å². The van der Waals surface area contributed by atoms with Gasteiger partial charge >= 0.3 is 0 Å². The lowest BCUT2D eigenvalue weighted by atomic mass is 9.90. The fourth-order valence-corrected chi connectivity index (χ4v) is 3.32. The Morgan fingerprint density at radius 3 is 2.22 bits per heavy atom. The first-order valence-electron chi connectivity index (χ1n) is 8.72. The van der Waals surface area contributed by atoms with E-state index in [0.717, 1.165) is 19.6 Å². The summed E-state index contributed by atoms with van der Waals surface area (Å²) in [5, 5.41) is 0. The quantitative estimate of drug-likeness (QED) is 0.815. The fraction of sp³-hybridized carbons (Fsp3) is 0.429. The fourth-order valence-electron chi connectivity index (χ4n) is 3.32. The molecule has 2 aromatic rings. The van der Waals surface area contributed by atoms with Gasteiger partial charge in [-0.1, -0.05) is 74.5 Å². The second-order valence-corrected chi connectivity index (χ2v) is 5.96. The van der Waals surface area contributed by atoms with Gasteiger partial charge in [-0.05, 0) is 36.4 Å². The van der Waals surface area contributed by atoms with Crippen molar-refractivity contribution in [1.29, 1.82) is 0 Å². The van der Waals surface area contributed by atoms with Gasteiger partial charge < -0.3 is 10.5 Å². The zero-order chi connectivity index (χ0) is 16.5. The Morgan fingerprint density at radius 1 is 1.00 bits per heavy atom. The molecule has 1 fully saturated rings. The molecule has 0 spiro atoms. The van der Waals surface area contributed by atoms with Gasteiger partial charge in [0.05, 0.1) is 13.2 Å². The van der Waals surface area contributed by atoms with Crippen LogP contribution in [0.2, 0.25) is 0 Å². The van der Waals surface area contributed by atoms with E-state index in [2.05, 4.69) is 54.6 Å². The maximum Gasteiger partial charge on any atom is 0.0717 e. The molecule has 1 saturated carbocycles. The van der Waals surface area contributed by atoms with Crippen LogP contribution < -0.4 is 5.73 Å². The van der Waals surface area contributed by atoms with E-state index in [1.807, 2.05) is 19.9 Å². The van der Waals surface area contributed by atoms with Gasteiger partial charge in [0.1, 0.15) is 0 Å². The molecule has 2 N–H and O–H groups in total. The van der Waals surface area contributed by atoms with Gasteiger partial charge in [0.25, 0.3) is 0 Å². The average molecular weight is 311 g/mol. The summed E-state index contributed by atoms with van der Waals surface area (Å²) in [5.74, 6) is 0.604. The molecule has 0 aliphatic heterocycles. The minimum atomic E-state index is 0.257. The number of hydrogen-bond acceptors (Lipinski definition) is 2. The summed E-state index contributed by atoms with van der Waals surface area (Å²) in [7, 11) is 0. The third kappa shape index (κ3) is 4.43. The van der Waals surface area contributed by atoms with E-state index >= 15 is 0 Å². The monoisotopic (exact) mass is 311 g/mol. The summed E-state index contributed by atoms with van der Waals surface area (Å²) in [5.41, 5.74) is 8.75. The van der Waals surface area contributed by atoms with Gasteiger partial charge in [-0.15, -0.1) is 0 Å². The molecule has 0 radical (unpaired) electrons. The Hall–Kier alpha value is -1.64. The van der Waals surface area contributed by atoms with E-state index in [1.165, 1.54) is 17.5 Å². The Balaban J connectivity index is 0.000000924. The number of hydrogen-bond donors (Lipinski definition) is 1. The normalized spacial score (nSPS) is 22.1. The van der Waals surface area contributed by atoms with Crippen LogP contribution in [0.5, 0.6) is 0 Å². The molecule has 2 unspecified atom stereocenters. The molecule has 2 aromatic carbocycles. The minimum absolute atomic E-state index is 0.257. The van der Waals surface area contributed by atoms with Crippen molar-refractivity contribution in [2.45, 2.75) is 38.7 Å². The topological polar surface area (TPSA) is 35.2 Å². The summed E-state index contributed by atoms with van der Waals surface area (Å²) in [6, 6.07) is 21.1. The summed E-state index contributed by atoms with van der Waals surface area (Å²) in [6.07, 6.45) is 2.25. The van der Waals surface area contributed by atoms with Crippen LogP contribution in [0.4, 0.5) is 0 Å². The van der Waals surface area contributed by atoms with Crippen LogP contribution in [0, 0.1) is 5.92 Å². The van der Waals surface area contributed by atoms with Crippen molar-refractivity contribution in [3.8, 4) is 0 Å². The van der Waals surface area contributed by atoms with Crippen LogP contribution >= 0.6 is 0 Å². The Labute approximate surface area is 140 Å². The van der Waals surface area contributed by atoms with Gasteiger partial charge in [0.2, 0.25) is 0 Å². The zero-order valence-electron chi connectivity index (χ0n) is 14.4. The molecule has 2 nitrogen and oxygen atoms in total. The van der Waals surface area contributed by atoms with E-state index < -0.39 is 0 Å². The molecule has 1 aliphatic carbocycles. The van der Waals surface area contributed by atoms with Crippen LogP contribution in [-0.2, 0) is 16.8 Å². The van der Waals surface area contributed by atoms with Crippen molar-refractivity contribution >= 4 is 0 Å². The first-order valence-corrected chi connectivity index (χ1v) is 8.72. The van der Waals surface area contributed by atoms with Crippen molar-refractivity contribution in [2.75, 3.05) is 13.2 Å². The second kappa shape index (κ2) is 8.85. The first kappa shape index (κ1) is 17.7. The maximum absolute atomic E-state index is 5.93. The zero-order valence-corrected chi connectivity index (χ0v) is 14.4. The summed E-state index contributed by atoms with van der Waals surface area (Å²) >= 11 is 0. The molecule has 0 bridgehead atoms. The van der Waals surface area contributed by atoms with Crippen LogP contribution in [0.15, 0.2) is 60.7 Å². The van der Waals surface area contributed by atoms with Crippen LogP contribution in [0.1, 0.15) is 37.8 Å². The number of ether oxygens (including phenoxy) is 1. The highest BCUT2D eigenvalue weighted by atomic mass is 16.5. The van der Waals surface area contributed by atoms with E-state index in [0.29, 0.717) is 12.5 Å². The largest absolute Gasteiger partial charge is 0.376 e. The Morgan fingerprint density at radius 2 is 1.61 bits per heavy atom. The van der Waals surface area contributed by atoms with Crippen molar-refractivity contribution in [2.24, 2.45) is 11.7 Å². The molecule has 0 saturated heterocycles. The molecular formula is C21H29NO. The molecule has 3 rings (SSSR count). The summed E-state index contributed by atoms with van der Waals surface area (Å²) in [4.78, 5) is 0. The third-order valence-corrected chi connectivity index (χ3v) is 4.60. The third-order valence-electron chi connectivity index (χ3n) is 4.60. The highest BCUT2D eigenvalue weighted by Gasteiger charge is 2.54. The Kier molecular flexibility index (Phi) is 6.82. The van der Waals surface area contributed by atoms with Gasteiger partial charge in [-0.25, -0.2) is 0 Å². The first-order chi connectivity index (χ1) is 11.3. The van der Waals surface area contributed by atoms with Crippen LogP contribution in [0.25, 0.3) is 0 Å². The van der Waals surface area contributed by atoms with Gasteiger partial charge in [-0.3, -0.25) is 0 Å². The lowest BCUT2D eigenvalue weighted by Crippen LogP contribution is -2.18. The molecule has 23 heavy (non-hydrogen) atoms. The van der Waals surface area contributed by atoms with Crippen LogP contribution in [0.3, 0.4) is 0 Å². The smallest absolute Gasteiger partial charge is 0.0717 e. The minimum Gasteiger partial charge on any atom is -0.376 e. The maximum atomic E-state index is 5.93. The predicted octanol–water partition coefficient (Wildman–Crippen LogP) is 4.54. The van der Waals surface area contributed by atoms with Crippen molar-refractivity contribution < 1.29 is 4.74 Å². The SMILES string of the molecule is CC.NCCC1(c2ccccc2)CC1COCc1ccccc1. The van der Waals surface area contributed by atoms with E-state index in [1.54, 1.807) is 0 Å². The van der Waals surface area contributed by atoms with Gasteiger partial charge in [-0.2, -0.15) is 0 Å². The molecule has 2 heteroatoms. The molecule has 124 valence electrons. The second-order valence-electron chi connectivity index (χ2n) is 5.96. The Bertz CT molecular complexity index is 555. The highest BCUT2D eigenvalue weighted by Crippen LogP contribution is 2.56. The lowest BCUT2D eigenvalue weighted by Gasteiger charge is -2.17. The van der Waals surface area contributed by atoms with Crippen molar-refractivity contribution in [3.05, 3.63) is 71.8 Å². The predicted molar refractivity (Wildman–Crippen MR) is 97.3 cm³/mol. The summed E-state index contributed by atoms with van der Waals surface area (Å²) < 4.78 is 5.93. The van der Waals surface area contributed by atoms with Gasteiger partial charge in [0.15, 0.2) is 0 Å². The highest BCUT2D eigenvalue weighted by molar-refractivity contribution is 5.33. The summed E-state index contributed by atoms with van der Waals surface area (Å²) in [6.45, 7) is 6.26. The van der Waals surface area contributed by atoms with Crippen LogP contribution in [-0.4, -0.2) is 13.2 Å². The van der Waals surface area contributed by atoms with E-state index in [-0.39, 0.29) is 5.41 Å². The molecule has 2 atom stereocenters. The average Bonchev–Trinajstić information content (AvgIpc) is 3.33. The van der Waals surface area contributed by atoms with Gasteiger partial charge in [0, 0.05) is 5.41 Å². The number of benzene rings is 2.